The molecule has 3 rings (SSSR count). The monoisotopic (exact) mass is 463 g/mol. The normalized spacial score (nSPS) is 10.5. The summed E-state index contributed by atoms with van der Waals surface area (Å²) in [4.78, 5) is 12.4. The molecular weight excluding hydrogens is 446 g/mol. The number of amides is 1. The van der Waals surface area contributed by atoms with Crippen molar-refractivity contribution in [2.45, 2.75) is 5.16 Å². The molecule has 2 aromatic carbocycles. The third-order valence-electron chi connectivity index (χ3n) is 3.79. The van der Waals surface area contributed by atoms with Crippen LogP contribution in [0.3, 0.4) is 0 Å². The molecule has 1 aromatic heterocycles. The SMILES string of the molecule is COc1ccc(OC)c(NC(=O)CSc2nnc(-c3ccccc3Br)n2N)c1. The number of nitrogens with two attached hydrogens (primary N) is 1. The van der Waals surface area contributed by atoms with Gasteiger partial charge in [0.15, 0.2) is 5.82 Å². The molecule has 146 valence electrons. The number of nitrogens with zero attached hydrogens (tertiary/aromatic N) is 3. The Morgan fingerprint density at radius 2 is 2.00 bits per heavy atom. The molecule has 0 atom stereocenters. The van der Waals surface area contributed by atoms with Crippen LogP contribution in [0, 0.1) is 0 Å². The molecule has 0 saturated heterocycles. The molecule has 1 heterocycles. The number of benzene rings is 2. The summed E-state index contributed by atoms with van der Waals surface area (Å²) in [5.74, 6) is 7.63. The van der Waals surface area contributed by atoms with Crippen molar-refractivity contribution in [3.05, 3.63) is 46.9 Å². The molecule has 0 aliphatic heterocycles. The lowest BCUT2D eigenvalue weighted by molar-refractivity contribution is -0.113. The first-order chi connectivity index (χ1) is 13.5. The van der Waals surface area contributed by atoms with E-state index in [1.54, 1.807) is 25.3 Å². The number of rotatable bonds is 7. The smallest absolute Gasteiger partial charge is 0.234 e. The number of aromatic nitrogens is 3. The van der Waals surface area contributed by atoms with Crippen LogP contribution in [0.15, 0.2) is 52.1 Å². The highest BCUT2D eigenvalue weighted by molar-refractivity contribution is 9.10. The first-order valence-corrected chi connectivity index (χ1v) is 9.91. The van der Waals surface area contributed by atoms with Gasteiger partial charge in [0.1, 0.15) is 11.5 Å². The summed E-state index contributed by atoms with van der Waals surface area (Å²) < 4.78 is 12.7. The molecule has 0 spiro atoms. The Labute approximate surface area is 174 Å². The Kier molecular flexibility index (Phi) is 6.42. The average Bonchev–Trinajstić information content (AvgIpc) is 3.07. The van der Waals surface area contributed by atoms with Crippen molar-refractivity contribution in [2.24, 2.45) is 0 Å². The van der Waals surface area contributed by atoms with Crippen molar-refractivity contribution >= 4 is 39.3 Å². The Hall–Kier alpha value is -2.72. The molecule has 0 aliphatic rings. The van der Waals surface area contributed by atoms with Gasteiger partial charge in [-0.05, 0) is 24.3 Å². The highest BCUT2D eigenvalue weighted by Crippen LogP contribution is 2.30. The third-order valence-corrected chi connectivity index (χ3v) is 5.43. The van der Waals surface area contributed by atoms with Crippen molar-refractivity contribution in [3.63, 3.8) is 0 Å². The zero-order valence-corrected chi connectivity index (χ0v) is 17.6. The van der Waals surface area contributed by atoms with Crippen LogP contribution in [0.5, 0.6) is 11.5 Å². The predicted molar refractivity (Wildman–Crippen MR) is 112 cm³/mol. The van der Waals surface area contributed by atoms with Gasteiger partial charge in [-0.1, -0.05) is 39.8 Å². The van der Waals surface area contributed by atoms with Crippen molar-refractivity contribution in [1.82, 2.24) is 14.9 Å². The Morgan fingerprint density at radius 3 is 2.71 bits per heavy atom. The van der Waals surface area contributed by atoms with Crippen LogP contribution < -0.4 is 20.6 Å². The highest BCUT2D eigenvalue weighted by atomic mass is 79.9. The summed E-state index contributed by atoms with van der Waals surface area (Å²) >= 11 is 4.66. The van der Waals surface area contributed by atoms with Gasteiger partial charge in [0.05, 0.1) is 25.7 Å². The Bertz CT molecular complexity index is 995. The van der Waals surface area contributed by atoms with E-state index in [-0.39, 0.29) is 11.7 Å². The van der Waals surface area contributed by atoms with Gasteiger partial charge in [0.25, 0.3) is 0 Å². The second-order valence-corrected chi connectivity index (χ2v) is 7.36. The lowest BCUT2D eigenvalue weighted by Gasteiger charge is -2.11. The molecule has 0 fully saturated rings. The third kappa shape index (κ3) is 4.39. The molecule has 3 aromatic rings. The maximum absolute atomic E-state index is 12.4. The minimum Gasteiger partial charge on any atom is -0.497 e. The van der Waals surface area contributed by atoms with Gasteiger partial charge >= 0.3 is 0 Å². The van der Waals surface area contributed by atoms with Gasteiger partial charge in [0.2, 0.25) is 11.1 Å². The van der Waals surface area contributed by atoms with E-state index in [0.717, 1.165) is 10.0 Å². The molecule has 3 N–H and O–H groups in total. The second-order valence-electron chi connectivity index (χ2n) is 5.56. The number of halogens is 1. The number of carbonyl (C=O) groups excluding carboxylic acids is 1. The predicted octanol–water partition coefficient (Wildman–Crippen LogP) is 3.17. The summed E-state index contributed by atoms with van der Waals surface area (Å²) in [7, 11) is 3.09. The van der Waals surface area contributed by atoms with Crippen LogP contribution >= 0.6 is 27.7 Å². The summed E-state index contributed by atoms with van der Waals surface area (Å²) in [6, 6.07) is 12.7. The lowest BCUT2D eigenvalue weighted by Crippen LogP contribution is -2.17. The number of nitrogen functional groups attached to an aromatic ring is 1. The number of thioether (sulfide) groups is 1. The molecule has 0 aliphatic carbocycles. The number of ether oxygens (including phenoxy) is 2. The van der Waals surface area contributed by atoms with Crippen molar-refractivity contribution in [3.8, 4) is 22.9 Å². The van der Waals surface area contributed by atoms with Crippen molar-refractivity contribution in [1.29, 1.82) is 0 Å². The van der Waals surface area contributed by atoms with Crippen molar-refractivity contribution < 1.29 is 14.3 Å². The van der Waals surface area contributed by atoms with Crippen LogP contribution in [0.1, 0.15) is 0 Å². The maximum atomic E-state index is 12.4. The first kappa shape index (κ1) is 20.0. The quantitative estimate of drug-likeness (QED) is 0.409. The van der Waals surface area contributed by atoms with Gasteiger partial charge < -0.3 is 20.6 Å². The fourth-order valence-electron chi connectivity index (χ4n) is 2.43. The van der Waals surface area contributed by atoms with Gasteiger partial charge in [-0.15, -0.1) is 10.2 Å². The first-order valence-electron chi connectivity index (χ1n) is 8.13. The fourth-order valence-corrected chi connectivity index (χ4v) is 3.55. The van der Waals surface area contributed by atoms with Crippen LogP contribution in [-0.2, 0) is 4.79 Å². The fraction of sp³-hybridized carbons (Fsp3) is 0.167. The van der Waals surface area contributed by atoms with Gasteiger partial charge in [-0.25, -0.2) is 4.68 Å². The second kappa shape index (κ2) is 8.98. The number of anilines is 1. The largest absolute Gasteiger partial charge is 0.497 e. The van der Waals surface area contributed by atoms with Crippen LogP contribution in [-0.4, -0.2) is 40.8 Å². The minimum atomic E-state index is -0.234. The molecule has 28 heavy (non-hydrogen) atoms. The van der Waals surface area contributed by atoms with E-state index in [4.69, 9.17) is 15.3 Å². The van der Waals surface area contributed by atoms with E-state index in [1.807, 2.05) is 24.3 Å². The lowest BCUT2D eigenvalue weighted by atomic mass is 10.2. The van der Waals surface area contributed by atoms with E-state index in [1.165, 1.54) is 23.5 Å². The van der Waals surface area contributed by atoms with Crippen molar-refractivity contribution in [2.75, 3.05) is 31.1 Å². The number of methoxy groups -OCH3 is 2. The Morgan fingerprint density at radius 1 is 1.21 bits per heavy atom. The van der Waals surface area contributed by atoms with E-state index in [2.05, 4.69) is 31.4 Å². The molecular formula is C18H18BrN5O3S. The molecule has 10 heteroatoms. The number of nitrogens with one attached hydrogen (secondary N) is 1. The molecule has 0 unspecified atom stereocenters. The van der Waals surface area contributed by atoms with E-state index >= 15 is 0 Å². The summed E-state index contributed by atoms with van der Waals surface area (Å²) in [6.07, 6.45) is 0. The number of carbonyl (C=O) groups is 1. The van der Waals surface area contributed by atoms with Crippen LogP contribution in [0.4, 0.5) is 5.69 Å². The topological polar surface area (TPSA) is 104 Å². The maximum Gasteiger partial charge on any atom is 0.234 e. The van der Waals surface area contributed by atoms with Gasteiger partial charge in [0, 0.05) is 16.1 Å². The molecule has 0 saturated carbocycles. The molecule has 0 bridgehead atoms. The average molecular weight is 464 g/mol. The number of hydrogen-bond donors (Lipinski definition) is 2. The molecule has 8 nitrogen and oxygen atoms in total. The summed E-state index contributed by atoms with van der Waals surface area (Å²) in [5.41, 5.74) is 1.34. The molecule has 0 radical (unpaired) electrons. The van der Waals surface area contributed by atoms with Crippen LogP contribution in [0.2, 0.25) is 0 Å². The van der Waals surface area contributed by atoms with Gasteiger partial charge in [-0.2, -0.15) is 0 Å². The minimum absolute atomic E-state index is 0.103. The van der Waals surface area contributed by atoms with E-state index in [9.17, 15) is 4.79 Å². The summed E-state index contributed by atoms with van der Waals surface area (Å²) in [6.45, 7) is 0. The highest BCUT2D eigenvalue weighted by Gasteiger charge is 2.16. The zero-order valence-electron chi connectivity index (χ0n) is 15.2. The zero-order chi connectivity index (χ0) is 20.1. The van der Waals surface area contributed by atoms with E-state index in [0.29, 0.717) is 28.2 Å². The van der Waals surface area contributed by atoms with Crippen LogP contribution in [0.25, 0.3) is 11.4 Å². The Balaban J connectivity index is 1.68. The van der Waals surface area contributed by atoms with E-state index < -0.39 is 0 Å². The summed E-state index contributed by atoms with van der Waals surface area (Å²) in [5, 5.41) is 11.4. The standard InChI is InChI=1S/C18H18BrN5O3S/c1-26-11-7-8-15(27-2)14(9-11)21-16(25)10-28-18-23-22-17(24(18)20)12-5-3-4-6-13(12)19/h3-9H,10,20H2,1-2H3,(H,21,25). The number of hydrogen-bond acceptors (Lipinski definition) is 7. The molecule has 1 amide bonds. The van der Waals surface area contributed by atoms with Gasteiger partial charge in [-0.3, -0.25) is 4.79 Å².